The Morgan fingerprint density at radius 3 is 2.42 bits per heavy atom. The zero-order valence-corrected chi connectivity index (χ0v) is 14.9. The fourth-order valence-corrected chi connectivity index (χ4v) is 3.24. The van der Waals surface area contributed by atoms with Crippen LogP contribution in [0.5, 0.6) is 0 Å². The number of hydrogen-bond donors (Lipinski definition) is 1. The van der Waals surface area contributed by atoms with E-state index < -0.39 is 4.92 Å². The van der Waals surface area contributed by atoms with E-state index in [1.807, 2.05) is 29.2 Å². The quantitative estimate of drug-likeness (QED) is 0.638. The van der Waals surface area contributed by atoms with Crippen LogP contribution in [0.2, 0.25) is 0 Å². The molecule has 26 heavy (non-hydrogen) atoms. The Balaban J connectivity index is 1.81. The number of amides is 1. The molecule has 1 fully saturated rings. The highest BCUT2D eigenvalue weighted by atomic mass is 16.6. The first-order valence-electron chi connectivity index (χ1n) is 9.02. The molecule has 1 aliphatic heterocycles. The molecule has 0 spiro atoms. The minimum Gasteiger partial charge on any atom is -0.366 e. The van der Waals surface area contributed by atoms with Crippen LogP contribution in [-0.4, -0.2) is 23.9 Å². The minimum atomic E-state index is -0.406. The van der Waals surface area contributed by atoms with Crippen molar-refractivity contribution in [2.24, 2.45) is 0 Å². The first-order valence-corrected chi connectivity index (χ1v) is 9.02. The summed E-state index contributed by atoms with van der Waals surface area (Å²) >= 11 is 0. The number of aryl methyl sites for hydroxylation is 1. The monoisotopic (exact) mass is 353 g/mol. The molecule has 6 nitrogen and oxygen atoms in total. The van der Waals surface area contributed by atoms with Gasteiger partial charge in [0.25, 0.3) is 11.6 Å². The molecule has 3 rings (SSSR count). The molecule has 1 heterocycles. The van der Waals surface area contributed by atoms with E-state index in [-0.39, 0.29) is 17.2 Å². The lowest BCUT2D eigenvalue weighted by atomic mass is 10.1. The van der Waals surface area contributed by atoms with Crippen molar-refractivity contribution in [1.82, 2.24) is 0 Å². The molecule has 0 aromatic heterocycles. The van der Waals surface area contributed by atoms with E-state index in [1.165, 1.54) is 11.6 Å². The van der Waals surface area contributed by atoms with Gasteiger partial charge in [0.1, 0.15) is 5.69 Å². The first-order chi connectivity index (χ1) is 12.6. The van der Waals surface area contributed by atoms with Crippen molar-refractivity contribution in [3.8, 4) is 0 Å². The lowest BCUT2D eigenvalue weighted by molar-refractivity contribution is -0.384. The Hall–Kier alpha value is -2.89. The van der Waals surface area contributed by atoms with Gasteiger partial charge >= 0.3 is 0 Å². The zero-order chi connectivity index (χ0) is 18.5. The maximum atomic E-state index is 12.5. The fraction of sp³-hybridized carbons (Fsp3) is 0.350. The molecular formula is C20H23N3O3. The summed E-state index contributed by atoms with van der Waals surface area (Å²) in [5, 5.41) is 14.3. The molecule has 0 atom stereocenters. The van der Waals surface area contributed by atoms with Gasteiger partial charge in [0.2, 0.25) is 0 Å². The smallest absolute Gasteiger partial charge is 0.293 e. The molecule has 1 saturated heterocycles. The number of nitro groups is 1. The number of piperidine rings is 1. The van der Waals surface area contributed by atoms with Gasteiger partial charge in [0, 0.05) is 30.4 Å². The SMILES string of the molecule is CCc1ccc(NC(=O)c2ccc(N3CCCCC3)c([N+](=O)[O-])c2)cc1. The van der Waals surface area contributed by atoms with E-state index >= 15 is 0 Å². The van der Waals surface area contributed by atoms with E-state index in [1.54, 1.807) is 12.1 Å². The number of nitro benzene ring substituents is 1. The van der Waals surface area contributed by atoms with Crippen LogP contribution in [0.1, 0.15) is 42.1 Å². The molecule has 1 N–H and O–H groups in total. The van der Waals surface area contributed by atoms with E-state index in [2.05, 4.69) is 12.2 Å². The van der Waals surface area contributed by atoms with Crippen molar-refractivity contribution in [1.29, 1.82) is 0 Å². The maximum Gasteiger partial charge on any atom is 0.293 e. The van der Waals surface area contributed by atoms with Crippen LogP contribution in [0.4, 0.5) is 17.1 Å². The molecule has 0 unspecified atom stereocenters. The van der Waals surface area contributed by atoms with Crippen molar-refractivity contribution in [2.75, 3.05) is 23.3 Å². The van der Waals surface area contributed by atoms with Crippen LogP contribution in [0.15, 0.2) is 42.5 Å². The summed E-state index contributed by atoms with van der Waals surface area (Å²) in [6.45, 7) is 3.70. The van der Waals surface area contributed by atoms with Crippen LogP contribution in [-0.2, 0) is 6.42 Å². The molecule has 1 amide bonds. The highest BCUT2D eigenvalue weighted by molar-refractivity contribution is 6.05. The maximum absolute atomic E-state index is 12.5. The second-order valence-corrected chi connectivity index (χ2v) is 6.51. The second kappa shape index (κ2) is 7.99. The normalized spacial score (nSPS) is 14.1. The van der Waals surface area contributed by atoms with Crippen LogP contribution in [0, 0.1) is 10.1 Å². The number of carbonyl (C=O) groups excluding carboxylic acids is 1. The van der Waals surface area contributed by atoms with Crippen molar-refractivity contribution >= 4 is 23.0 Å². The standard InChI is InChI=1S/C20H23N3O3/c1-2-15-6-9-17(10-7-15)21-20(24)16-8-11-18(19(14-16)23(25)26)22-12-4-3-5-13-22/h6-11,14H,2-5,12-13H2,1H3,(H,21,24). The third-order valence-electron chi connectivity index (χ3n) is 4.75. The van der Waals surface area contributed by atoms with Gasteiger partial charge in [-0.15, -0.1) is 0 Å². The molecule has 0 saturated carbocycles. The fourth-order valence-electron chi connectivity index (χ4n) is 3.24. The number of nitrogens with one attached hydrogen (secondary N) is 1. The molecule has 1 aliphatic rings. The topological polar surface area (TPSA) is 75.5 Å². The number of benzene rings is 2. The average molecular weight is 353 g/mol. The van der Waals surface area contributed by atoms with Crippen LogP contribution in [0.3, 0.4) is 0 Å². The summed E-state index contributed by atoms with van der Waals surface area (Å²) in [7, 11) is 0. The van der Waals surface area contributed by atoms with Crippen molar-refractivity contribution in [3.05, 3.63) is 63.7 Å². The lowest BCUT2D eigenvalue weighted by Gasteiger charge is -2.28. The van der Waals surface area contributed by atoms with E-state index in [4.69, 9.17) is 0 Å². The summed E-state index contributed by atoms with van der Waals surface area (Å²) < 4.78 is 0. The Kier molecular flexibility index (Phi) is 5.51. The summed E-state index contributed by atoms with van der Waals surface area (Å²) in [6, 6.07) is 12.3. The van der Waals surface area contributed by atoms with Crippen LogP contribution < -0.4 is 10.2 Å². The summed E-state index contributed by atoms with van der Waals surface area (Å²) in [5.41, 5.74) is 2.73. The molecule has 136 valence electrons. The highest BCUT2D eigenvalue weighted by Crippen LogP contribution is 2.31. The van der Waals surface area contributed by atoms with Gasteiger partial charge in [-0.2, -0.15) is 0 Å². The molecule has 2 aromatic rings. The number of hydrogen-bond acceptors (Lipinski definition) is 4. The third-order valence-corrected chi connectivity index (χ3v) is 4.75. The van der Waals surface area contributed by atoms with Gasteiger partial charge in [-0.3, -0.25) is 14.9 Å². The number of carbonyl (C=O) groups is 1. The highest BCUT2D eigenvalue weighted by Gasteiger charge is 2.23. The van der Waals surface area contributed by atoms with E-state index in [9.17, 15) is 14.9 Å². The molecule has 0 bridgehead atoms. The minimum absolute atomic E-state index is 0.0131. The molecule has 0 radical (unpaired) electrons. The third kappa shape index (κ3) is 4.02. The summed E-state index contributed by atoms with van der Waals surface area (Å²) in [4.78, 5) is 25.6. The van der Waals surface area contributed by atoms with Crippen molar-refractivity contribution in [2.45, 2.75) is 32.6 Å². The molecular weight excluding hydrogens is 330 g/mol. The first kappa shape index (κ1) is 17.9. The second-order valence-electron chi connectivity index (χ2n) is 6.51. The largest absolute Gasteiger partial charge is 0.366 e. The van der Waals surface area contributed by atoms with Crippen molar-refractivity contribution < 1.29 is 9.72 Å². The average Bonchev–Trinajstić information content (AvgIpc) is 2.68. The predicted molar refractivity (Wildman–Crippen MR) is 103 cm³/mol. The Morgan fingerprint density at radius 2 is 1.81 bits per heavy atom. The van der Waals surface area contributed by atoms with Crippen molar-refractivity contribution in [3.63, 3.8) is 0 Å². The summed E-state index contributed by atoms with van der Waals surface area (Å²) in [6.07, 6.45) is 4.15. The van der Waals surface area contributed by atoms with Gasteiger partial charge in [-0.25, -0.2) is 0 Å². The Morgan fingerprint density at radius 1 is 1.12 bits per heavy atom. The zero-order valence-electron chi connectivity index (χ0n) is 14.9. The lowest BCUT2D eigenvalue weighted by Crippen LogP contribution is -2.30. The number of rotatable bonds is 5. The van der Waals surface area contributed by atoms with Gasteiger partial charge < -0.3 is 10.2 Å². The van der Waals surface area contributed by atoms with Gasteiger partial charge in [-0.05, 0) is 55.5 Å². The predicted octanol–water partition coefficient (Wildman–Crippen LogP) is 4.40. The van der Waals surface area contributed by atoms with Crippen LogP contribution >= 0.6 is 0 Å². The molecule has 6 heteroatoms. The molecule has 2 aromatic carbocycles. The number of anilines is 2. The van der Waals surface area contributed by atoms with Gasteiger partial charge in [0.15, 0.2) is 0 Å². The van der Waals surface area contributed by atoms with Gasteiger partial charge in [0.05, 0.1) is 4.92 Å². The summed E-state index contributed by atoms with van der Waals surface area (Å²) in [5.74, 6) is -0.345. The van der Waals surface area contributed by atoms with Crippen LogP contribution in [0.25, 0.3) is 0 Å². The Bertz CT molecular complexity index is 796. The Labute approximate surface area is 153 Å². The van der Waals surface area contributed by atoms with Gasteiger partial charge in [-0.1, -0.05) is 19.1 Å². The molecule has 0 aliphatic carbocycles. The van der Waals surface area contributed by atoms with E-state index in [0.29, 0.717) is 11.4 Å². The number of nitrogens with zero attached hydrogens (tertiary/aromatic N) is 2. The van der Waals surface area contributed by atoms with E-state index in [0.717, 1.165) is 38.8 Å².